The summed E-state index contributed by atoms with van der Waals surface area (Å²) in [5, 5.41) is 5.01. The Morgan fingerprint density at radius 2 is 1.85 bits per heavy atom. The van der Waals surface area contributed by atoms with E-state index in [0.717, 1.165) is 49.3 Å². The highest BCUT2D eigenvalue weighted by Gasteiger charge is 2.59. The van der Waals surface area contributed by atoms with Crippen molar-refractivity contribution < 1.29 is 9.59 Å². The minimum Gasteiger partial charge on any atom is -0.317 e. The Kier molecular flexibility index (Phi) is 3.91. The summed E-state index contributed by atoms with van der Waals surface area (Å²) in [6.07, 6.45) is 2.97. The van der Waals surface area contributed by atoms with Crippen molar-refractivity contribution >= 4 is 28.7 Å². The maximum absolute atomic E-state index is 13.4. The van der Waals surface area contributed by atoms with E-state index in [1.54, 1.807) is 23.5 Å². The summed E-state index contributed by atoms with van der Waals surface area (Å²) in [7, 11) is 0. The molecule has 1 unspecified atom stereocenters. The molecule has 3 aliphatic rings. The standard InChI is InChI=1S/C21H21N3O2S/c25-19(15-7-2-1-3-8-15)22-18-17(16-9-4-14-27-16)21-10-5-11-23(21)12-6-13-24(21)20(18)26/h1-4,7-9,14H,5-6,10-13H2,(H,22,25). The van der Waals surface area contributed by atoms with E-state index in [1.807, 2.05) is 34.5 Å². The molecule has 138 valence electrons. The third-order valence-electron chi connectivity index (χ3n) is 5.88. The lowest BCUT2D eigenvalue weighted by atomic mass is 9.93. The van der Waals surface area contributed by atoms with Gasteiger partial charge in [-0.15, -0.1) is 11.3 Å². The summed E-state index contributed by atoms with van der Waals surface area (Å²) >= 11 is 1.63. The van der Waals surface area contributed by atoms with Crippen LogP contribution in [0.2, 0.25) is 0 Å². The first kappa shape index (κ1) is 16.7. The number of thiophene rings is 1. The Bertz CT molecular complexity index is 922. The molecule has 0 aliphatic carbocycles. The molecule has 0 saturated carbocycles. The lowest BCUT2D eigenvalue weighted by molar-refractivity contribution is -0.137. The molecule has 2 fully saturated rings. The average Bonchev–Trinajstić information content (AvgIpc) is 3.41. The summed E-state index contributed by atoms with van der Waals surface area (Å²) < 4.78 is 0. The molecule has 1 aromatic carbocycles. The fourth-order valence-electron chi connectivity index (χ4n) is 4.83. The van der Waals surface area contributed by atoms with Crippen molar-refractivity contribution in [3.8, 4) is 0 Å². The van der Waals surface area contributed by atoms with Crippen molar-refractivity contribution in [3.63, 3.8) is 0 Å². The summed E-state index contributed by atoms with van der Waals surface area (Å²) in [4.78, 5) is 31.7. The second kappa shape index (κ2) is 6.32. The van der Waals surface area contributed by atoms with Crippen molar-refractivity contribution in [3.05, 3.63) is 64.0 Å². The van der Waals surface area contributed by atoms with E-state index < -0.39 is 0 Å². The Hall–Kier alpha value is -2.44. The van der Waals surface area contributed by atoms with Crippen LogP contribution in [0.1, 0.15) is 34.5 Å². The van der Waals surface area contributed by atoms with Crippen LogP contribution in [0.25, 0.3) is 5.57 Å². The molecule has 5 nitrogen and oxygen atoms in total. The molecule has 0 radical (unpaired) electrons. The first-order valence-electron chi connectivity index (χ1n) is 9.44. The van der Waals surface area contributed by atoms with Crippen molar-refractivity contribution in [2.45, 2.75) is 24.9 Å². The largest absolute Gasteiger partial charge is 0.317 e. The molecular weight excluding hydrogens is 358 g/mol. The fourth-order valence-corrected chi connectivity index (χ4v) is 5.67. The number of benzene rings is 1. The van der Waals surface area contributed by atoms with Crippen LogP contribution in [-0.4, -0.2) is 46.9 Å². The van der Waals surface area contributed by atoms with Gasteiger partial charge in [-0.1, -0.05) is 24.3 Å². The number of carbonyl (C=O) groups excluding carboxylic acids is 2. The smallest absolute Gasteiger partial charge is 0.272 e. The van der Waals surface area contributed by atoms with Crippen LogP contribution in [0.5, 0.6) is 0 Å². The van der Waals surface area contributed by atoms with Gasteiger partial charge in [0.1, 0.15) is 11.4 Å². The van der Waals surface area contributed by atoms with Crippen molar-refractivity contribution in [1.29, 1.82) is 0 Å². The molecule has 5 rings (SSSR count). The molecule has 1 atom stereocenters. The van der Waals surface area contributed by atoms with E-state index in [0.29, 0.717) is 11.3 Å². The van der Waals surface area contributed by atoms with Crippen LogP contribution in [0.15, 0.2) is 53.5 Å². The minimum atomic E-state index is -0.389. The number of nitrogens with one attached hydrogen (secondary N) is 1. The predicted molar refractivity (Wildman–Crippen MR) is 105 cm³/mol. The zero-order valence-corrected chi connectivity index (χ0v) is 15.8. The number of hydrogen-bond donors (Lipinski definition) is 1. The van der Waals surface area contributed by atoms with Gasteiger partial charge in [-0.25, -0.2) is 0 Å². The molecule has 27 heavy (non-hydrogen) atoms. The van der Waals surface area contributed by atoms with Gasteiger partial charge in [-0.05, 0) is 42.8 Å². The summed E-state index contributed by atoms with van der Waals surface area (Å²) in [5.74, 6) is -0.275. The maximum atomic E-state index is 13.4. The van der Waals surface area contributed by atoms with Crippen molar-refractivity contribution in [2.24, 2.45) is 0 Å². The molecule has 2 amide bonds. The molecule has 1 N–H and O–H groups in total. The number of amides is 2. The quantitative estimate of drug-likeness (QED) is 0.892. The van der Waals surface area contributed by atoms with Gasteiger partial charge in [0, 0.05) is 35.6 Å². The van der Waals surface area contributed by atoms with Gasteiger partial charge >= 0.3 is 0 Å². The lowest BCUT2D eigenvalue weighted by Crippen LogP contribution is -2.60. The van der Waals surface area contributed by atoms with Crippen LogP contribution in [0.4, 0.5) is 0 Å². The van der Waals surface area contributed by atoms with Gasteiger partial charge in [0.25, 0.3) is 11.8 Å². The van der Waals surface area contributed by atoms with E-state index in [2.05, 4.69) is 16.3 Å². The van der Waals surface area contributed by atoms with Gasteiger partial charge in [-0.3, -0.25) is 14.5 Å². The molecule has 6 heteroatoms. The lowest BCUT2D eigenvalue weighted by Gasteiger charge is -2.47. The molecule has 3 aliphatic heterocycles. The van der Waals surface area contributed by atoms with Gasteiger partial charge in [-0.2, -0.15) is 0 Å². The summed E-state index contributed by atoms with van der Waals surface area (Å²) in [6.45, 7) is 2.74. The Morgan fingerprint density at radius 1 is 1.04 bits per heavy atom. The second-order valence-corrected chi connectivity index (χ2v) is 8.21. The SMILES string of the molecule is O=C(NC1=C(c2cccs2)C23CCCN2CCCN3C1=O)c1ccccc1. The Labute approximate surface area is 162 Å². The minimum absolute atomic E-state index is 0.0470. The fraction of sp³-hybridized carbons (Fsp3) is 0.333. The number of rotatable bonds is 3. The zero-order valence-electron chi connectivity index (χ0n) is 15.0. The van der Waals surface area contributed by atoms with E-state index >= 15 is 0 Å². The van der Waals surface area contributed by atoms with Crippen LogP contribution in [-0.2, 0) is 4.79 Å². The highest BCUT2D eigenvalue weighted by Crippen LogP contribution is 2.51. The third-order valence-corrected chi connectivity index (χ3v) is 6.77. The monoisotopic (exact) mass is 379 g/mol. The second-order valence-electron chi connectivity index (χ2n) is 7.27. The summed E-state index contributed by atoms with van der Waals surface area (Å²) in [5.41, 5.74) is 1.62. The topological polar surface area (TPSA) is 52.7 Å². The first-order valence-corrected chi connectivity index (χ1v) is 10.3. The molecule has 0 bridgehead atoms. The maximum Gasteiger partial charge on any atom is 0.272 e. The molecule has 2 saturated heterocycles. The number of carbonyl (C=O) groups is 2. The van der Waals surface area contributed by atoms with Gasteiger partial charge < -0.3 is 10.2 Å². The van der Waals surface area contributed by atoms with E-state index in [4.69, 9.17) is 0 Å². The number of hydrogen-bond acceptors (Lipinski definition) is 4. The highest BCUT2D eigenvalue weighted by molar-refractivity contribution is 7.11. The van der Waals surface area contributed by atoms with Crippen LogP contribution >= 0.6 is 11.3 Å². The van der Waals surface area contributed by atoms with Gasteiger partial charge in [0.05, 0.1) is 0 Å². The first-order chi connectivity index (χ1) is 13.2. The molecule has 1 spiro atoms. The highest BCUT2D eigenvalue weighted by atomic mass is 32.1. The van der Waals surface area contributed by atoms with Crippen molar-refractivity contribution in [1.82, 2.24) is 15.1 Å². The van der Waals surface area contributed by atoms with Crippen LogP contribution < -0.4 is 5.32 Å². The van der Waals surface area contributed by atoms with E-state index in [1.165, 1.54) is 0 Å². The van der Waals surface area contributed by atoms with Gasteiger partial charge in [0.15, 0.2) is 0 Å². The third kappa shape index (κ3) is 2.40. The van der Waals surface area contributed by atoms with Crippen molar-refractivity contribution in [2.75, 3.05) is 19.6 Å². The van der Waals surface area contributed by atoms with Gasteiger partial charge in [0.2, 0.25) is 0 Å². The summed E-state index contributed by atoms with van der Waals surface area (Å²) in [6, 6.07) is 13.2. The van der Waals surface area contributed by atoms with Crippen LogP contribution in [0.3, 0.4) is 0 Å². The Morgan fingerprint density at radius 3 is 2.63 bits per heavy atom. The zero-order chi connectivity index (χ0) is 18.4. The molecule has 1 aromatic heterocycles. The number of nitrogens with zero attached hydrogens (tertiary/aromatic N) is 2. The molecular formula is C21H21N3O2S. The molecule has 4 heterocycles. The predicted octanol–water partition coefficient (Wildman–Crippen LogP) is 2.93. The average molecular weight is 379 g/mol. The van der Waals surface area contributed by atoms with Crippen LogP contribution in [0, 0.1) is 0 Å². The Balaban J connectivity index is 1.63. The van der Waals surface area contributed by atoms with E-state index in [9.17, 15) is 9.59 Å². The normalized spacial score (nSPS) is 24.9. The molecule has 2 aromatic rings. The van der Waals surface area contributed by atoms with E-state index in [-0.39, 0.29) is 17.5 Å².